The Bertz CT molecular complexity index is 596. The second kappa shape index (κ2) is 4.90. The third-order valence-electron chi connectivity index (χ3n) is 3.14. The zero-order chi connectivity index (χ0) is 13.4. The second-order valence-electron chi connectivity index (χ2n) is 4.85. The van der Waals surface area contributed by atoms with E-state index in [4.69, 9.17) is 16.3 Å². The van der Waals surface area contributed by atoms with Crippen molar-refractivity contribution in [3.63, 3.8) is 0 Å². The van der Waals surface area contributed by atoms with Gasteiger partial charge in [0.15, 0.2) is 5.65 Å². The van der Waals surface area contributed by atoms with Crippen LogP contribution < -0.4 is 4.90 Å². The summed E-state index contributed by atoms with van der Waals surface area (Å²) in [6, 6.07) is 3.86. The lowest BCUT2D eigenvalue weighted by Crippen LogP contribution is -2.46. The van der Waals surface area contributed by atoms with E-state index in [2.05, 4.69) is 33.7 Å². The van der Waals surface area contributed by atoms with E-state index in [-0.39, 0.29) is 17.5 Å². The van der Waals surface area contributed by atoms with Crippen LogP contribution in [-0.4, -0.2) is 40.2 Å². The second-order valence-corrected chi connectivity index (χ2v) is 5.19. The maximum absolute atomic E-state index is 6.00. The third-order valence-corrected chi connectivity index (χ3v) is 3.31. The molecule has 6 heteroatoms. The van der Waals surface area contributed by atoms with Crippen LogP contribution >= 0.6 is 11.6 Å². The van der Waals surface area contributed by atoms with E-state index in [1.54, 1.807) is 6.20 Å². The lowest BCUT2D eigenvalue weighted by molar-refractivity contribution is -0.00537. The number of fused-ring (bicyclic) bond motifs is 1. The van der Waals surface area contributed by atoms with Gasteiger partial charge < -0.3 is 9.64 Å². The van der Waals surface area contributed by atoms with Crippen molar-refractivity contribution in [3.05, 3.63) is 23.6 Å². The molecule has 1 aliphatic heterocycles. The fraction of sp³-hybridized carbons (Fsp3) is 0.462. The highest BCUT2D eigenvalue weighted by molar-refractivity contribution is 6.28. The standard InChI is InChI=1S/C13H15ClN4O/c1-8-6-18(7-9(2)19-8)12-10-4-3-5-15-11(10)16-13(14)17-12/h3-5,8-9H,6-7H2,1-2H3/t8-,9+. The first-order valence-corrected chi connectivity index (χ1v) is 6.70. The Labute approximate surface area is 116 Å². The predicted octanol–water partition coefficient (Wildman–Crippen LogP) is 2.29. The fourth-order valence-corrected chi connectivity index (χ4v) is 2.67. The molecule has 0 N–H and O–H groups in total. The number of morpholine rings is 1. The molecule has 0 spiro atoms. The van der Waals surface area contributed by atoms with Gasteiger partial charge in [-0.25, -0.2) is 4.98 Å². The highest BCUT2D eigenvalue weighted by Gasteiger charge is 2.25. The Hall–Kier alpha value is -1.46. The number of aromatic nitrogens is 3. The molecular weight excluding hydrogens is 264 g/mol. The summed E-state index contributed by atoms with van der Waals surface area (Å²) in [5, 5.41) is 1.15. The highest BCUT2D eigenvalue weighted by Crippen LogP contribution is 2.26. The minimum Gasteiger partial charge on any atom is -0.372 e. The molecular formula is C13H15ClN4O. The molecule has 5 nitrogen and oxygen atoms in total. The van der Waals surface area contributed by atoms with Crippen molar-refractivity contribution in [2.45, 2.75) is 26.1 Å². The minimum atomic E-state index is 0.171. The first kappa shape index (κ1) is 12.6. The van der Waals surface area contributed by atoms with Crippen LogP contribution in [0.15, 0.2) is 18.3 Å². The monoisotopic (exact) mass is 278 g/mol. The summed E-state index contributed by atoms with van der Waals surface area (Å²) in [7, 11) is 0. The maximum atomic E-state index is 6.00. The van der Waals surface area contributed by atoms with E-state index in [1.165, 1.54) is 0 Å². The molecule has 1 saturated heterocycles. The van der Waals surface area contributed by atoms with Crippen molar-refractivity contribution in [3.8, 4) is 0 Å². The summed E-state index contributed by atoms with van der Waals surface area (Å²) in [5.74, 6) is 0.838. The van der Waals surface area contributed by atoms with Crippen LogP contribution in [0.1, 0.15) is 13.8 Å². The van der Waals surface area contributed by atoms with Crippen molar-refractivity contribution in [1.82, 2.24) is 15.0 Å². The molecule has 1 fully saturated rings. The van der Waals surface area contributed by atoms with Gasteiger partial charge in [0.05, 0.1) is 17.6 Å². The molecule has 0 bridgehead atoms. The number of nitrogens with zero attached hydrogens (tertiary/aromatic N) is 4. The van der Waals surface area contributed by atoms with Gasteiger partial charge in [-0.1, -0.05) is 0 Å². The minimum absolute atomic E-state index is 0.171. The smallest absolute Gasteiger partial charge is 0.226 e. The van der Waals surface area contributed by atoms with E-state index < -0.39 is 0 Å². The van der Waals surface area contributed by atoms with Gasteiger partial charge in [-0.3, -0.25) is 0 Å². The van der Waals surface area contributed by atoms with Crippen LogP contribution in [0.3, 0.4) is 0 Å². The van der Waals surface area contributed by atoms with Gasteiger partial charge in [0.1, 0.15) is 5.82 Å². The van der Waals surface area contributed by atoms with Gasteiger partial charge in [0.25, 0.3) is 0 Å². The van der Waals surface area contributed by atoms with Crippen LogP contribution in [0, 0.1) is 0 Å². The molecule has 0 aliphatic carbocycles. The average molecular weight is 279 g/mol. The first-order valence-electron chi connectivity index (χ1n) is 6.32. The van der Waals surface area contributed by atoms with Crippen LogP contribution in [-0.2, 0) is 4.74 Å². The SMILES string of the molecule is C[C@@H]1CN(c2nc(Cl)nc3ncccc23)C[C@H](C)O1. The summed E-state index contributed by atoms with van der Waals surface area (Å²) < 4.78 is 5.75. The Morgan fingerprint density at radius 3 is 2.74 bits per heavy atom. The molecule has 100 valence electrons. The van der Waals surface area contributed by atoms with Gasteiger partial charge >= 0.3 is 0 Å². The quantitative estimate of drug-likeness (QED) is 0.749. The molecule has 2 aromatic heterocycles. The van der Waals surface area contributed by atoms with Crippen molar-refractivity contribution in [1.29, 1.82) is 0 Å². The Morgan fingerprint density at radius 2 is 2.00 bits per heavy atom. The number of anilines is 1. The summed E-state index contributed by atoms with van der Waals surface area (Å²) >= 11 is 6.00. The van der Waals surface area contributed by atoms with Gasteiger partial charge in [-0.05, 0) is 37.6 Å². The molecule has 2 aromatic rings. The van der Waals surface area contributed by atoms with E-state index in [1.807, 2.05) is 12.1 Å². The number of halogens is 1. The van der Waals surface area contributed by atoms with Crippen molar-refractivity contribution < 1.29 is 4.74 Å². The van der Waals surface area contributed by atoms with Crippen LogP contribution in [0.5, 0.6) is 0 Å². The lowest BCUT2D eigenvalue weighted by atomic mass is 10.2. The normalized spacial score (nSPS) is 23.8. The van der Waals surface area contributed by atoms with E-state index in [0.717, 1.165) is 24.3 Å². The predicted molar refractivity (Wildman–Crippen MR) is 74.6 cm³/mol. The Kier molecular flexibility index (Phi) is 3.24. The molecule has 0 aromatic carbocycles. The summed E-state index contributed by atoms with van der Waals surface area (Å²) in [5.41, 5.74) is 0.629. The van der Waals surface area contributed by atoms with Crippen LogP contribution in [0.2, 0.25) is 5.28 Å². The molecule has 3 rings (SSSR count). The summed E-state index contributed by atoms with van der Waals surface area (Å²) in [4.78, 5) is 15.0. The molecule has 3 heterocycles. The first-order chi connectivity index (χ1) is 9.13. The Morgan fingerprint density at radius 1 is 1.26 bits per heavy atom. The number of pyridine rings is 1. The molecule has 2 atom stereocenters. The van der Waals surface area contributed by atoms with E-state index in [9.17, 15) is 0 Å². The van der Waals surface area contributed by atoms with E-state index >= 15 is 0 Å². The average Bonchev–Trinajstić information content (AvgIpc) is 2.36. The van der Waals surface area contributed by atoms with Crippen LogP contribution in [0.25, 0.3) is 11.0 Å². The van der Waals surface area contributed by atoms with E-state index in [0.29, 0.717) is 5.65 Å². The molecule has 0 saturated carbocycles. The molecule has 1 aliphatic rings. The molecule has 0 radical (unpaired) electrons. The number of rotatable bonds is 1. The molecule has 19 heavy (non-hydrogen) atoms. The van der Waals surface area contributed by atoms with Gasteiger partial charge in [-0.15, -0.1) is 0 Å². The van der Waals surface area contributed by atoms with Crippen LogP contribution in [0.4, 0.5) is 5.82 Å². The highest BCUT2D eigenvalue weighted by atomic mass is 35.5. The van der Waals surface area contributed by atoms with Gasteiger partial charge in [0.2, 0.25) is 5.28 Å². The van der Waals surface area contributed by atoms with Crippen molar-refractivity contribution in [2.24, 2.45) is 0 Å². The van der Waals surface area contributed by atoms with Crippen molar-refractivity contribution in [2.75, 3.05) is 18.0 Å². The van der Waals surface area contributed by atoms with Gasteiger partial charge in [-0.2, -0.15) is 9.97 Å². The topological polar surface area (TPSA) is 51.1 Å². The largest absolute Gasteiger partial charge is 0.372 e. The molecule has 0 amide bonds. The fourth-order valence-electron chi connectivity index (χ4n) is 2.51. The number of hydrogen-bond donors (Lipinski definition) is 0. The van der Waals surface area contributed by atoms with Gasteiger partial charge in [0, 0.05) is 19.3 Å². The molecule has 0 unspecified atom stereocenters. The number of ether oxygens (including phenoxy) is 1. The zero-order valence-electron chi connectivity index (χ0n) is 10.9. The lowest BCUT2D eigenvalue weighted by Gasteiger charge is -2.36. The van der Waals surface area contributed by atoms with Crippen molar-refractivity contribution >= 4 is 28.5 Å². The third kappa shape index (κ3) is 2.48. The summed E-state index contributed by atoms with van der Waals surface area (Å²) in [6.07, 6.45) is 2.05. The number of hydrogen-bond acceptors (Lipinski definition) is 5. The zero-order valence-corrected chi connectivity index (χ0v) is 11.6. The summed E-state index contributed by atoms with van der Waals surface area (Å²) in [6.45, 7) is 5.71. The Balaban J connectivity index is 2.08. The maximum Gasteiger partial charge on any atom is 0.226 e.